The molecule has 0 aromatic carbocycles. The highest BCUT2D eigenvalue weighted by Crippen LogP contribution is 2.17. The molecule has 0 fully saturated rings. The summed E-state index contributed by atoms with van der Waals surface area (Å²) in [5.41, 5.74) is 2.13. The van der Waals surface area contributed by atoms with E-state index in [0.29, 0.717) is 5.78 Å². The highest BCUT2D eigenvalue weighted by molar-refractivity contribution is 5.44. The molecule has 1 aliphatic heterocycles. The number of imidazole rings is 1. The highest BCUT2D eigenvalue weighted by Gasteiger charge is 2.15. The number of hydrogen-bond acceptors (Lipinski definition) is 5. The van der Waals surface area contributed by atoms with Crippen molar-refractivity contribution in [2.75, 3.05) is 5.32 Å². The van der Waals surface area contributed by atoms with Crippen LogP contribution in [0.1, 0.15) is 23.6 Å². The number of aryl methyl sites for hydroxylation is 2. The fourth-order valence-corrected chi connectivity index (χ4v) is 2.70. The standard InChI is InChI=1S/C13H15N7/c1-9-5-12(20-13(18-9)16-8-17-20)15-7-10-6-14-11-3-2-4-19(10)11/h5-6,8,15H,2-4,7H2,1H3. The number of anilines is 1. The van der Waals surface area contributed by atoms with E-state index < -0.39 is 0 Å². The summed E-state index contributed by atoms with van der Waals surface area (Å²) in [6.07, 6.45) is 5.75. The van der Waals surface area contributed by atoms with Gasteiger partial charge in [0, 0.05) is 24.7 Å². The van der Waals surface area contributed by atoms with E-state index in [-0.39, 0.29) is 0 Å². The summed E-state index contributed by atoms with van der Waals surface area (Å²) in [7, 11) is 0. The molecule has 0 radical (unpaired) electrons. The molecule has 3 aromatic heterocycles. The zero-order valence-electron chi connectivity index (χ0n) is 11.2. The number of hydrogen-bond donors (Lipinski definition) is 1. The Bertz CT molecular complexity index is 770. The second-order valence-electron chi connectivity index (χ2n) is 5.03. The van der Waals surface area contributed by atoms with Gasteiger partial charge in [0.1, 0.15) is 18.0 Å². The van der Waals surface area contributed by atoms with Crippen molar-refractivity contribution in [1.29, 1.82) is 0 Å². The molecule has 1 aliphatic rings. The molecule has 1 N–H and O–H groups in total. The molecule has 0 bridgehead atoms. The summed E-state index contributed by atoms with van der Waals surface area (Å²) in [4.78, 5) is 12.9. The first kappa shape index (κ1) is 11.4. The van der Waals surface area contributed by atoms with Crippen LogP contribution in [0.5, 0.6) is 0 Å². The van der Waals surface area contributed by atoms with Gasteiger partial charge in [-0.25, -0.2) is 9.97 Å². The van der Waals surface area contributed by atoms with E-state index in [1.807, 2.05) is 19.2 Å². The van der Waals surface area contributed by atoms with E-state index in [0.717, 1.165) is 31.0 Å². The van der Waals surface area contributed by atoms with Gasteiger partial charge >= 0.3 is 0 Å². The van der Waals surface area contributed by atoms with E-state index in [9.17, 15) is 0 Å². The normalized spacial score (nSPS) is 13.8. The predicted molar refractivity (Wildman–Crippen MR) is 73.4 cm³/mol. The SMILES string of the molecule is Cc1cc(NCc2cnc3n2CCC3)n2ncnc2n1. The van der Waals surface area contributed by atoms with Crippen LogP contribution in [0.3, 0.4) is 0 Å². The topological polar surface area (TPSA) is 72.9 Å². The molecule has 0 aliphatic carbocycles. The van der Waals surface area contributed by atoms with Crippen molar-refractivity contribution in [3.05, 3.63) is 35.8 Å². The van der Waals surface area contributed by atoms with Gasteiger partial charge in [0.2, 0.25) is 0 Å². The van der Waals surface area contributed by atoms with Gasteiger partial charge in [-0.1, -0.05) is 0 Å². The summed E-state index contributed by atoms with van der Waals surface area (Å²) in [5.74, 6) is 2.71. The zero-order valence-corrected chi connectivity index (χ0v) is 11.2. The number of nitrogens with one attached hydrogen (secondary N) is 1. The van der Waals surface area contributed by atoms with Crippen molar-refractivity contribution in [3.63, 3.8) is 0 Å². The number of aromatic nitrogens is 6. The van der Waals surface area contributed by atoms with Gasteiger partial charge in [0.25, 0.3) is 5.78 Å². The average Bonchev–Trinajstić information content (AvgIpc) is 3.12. The molecule has 3 aromatic rings. The Hall–Kier alpha value is -2.44. The van der Waals surface area contributed by atoms with Gasteiger partial charge in [-0.15, -0.1) is 0 Å². The minimum Gasteiger partial charge on any atom is -0.364 e. The Kier molecular flexibility index (Phi) is 2.45. The van der Waals surface area contributed by atoms with E-state index in [1.54, 1.807) is 4.52 Å². The molecule has 0 amide bonds. The number of nitrogens with zero attached hydrogens (tertiary/aromatic N) is 6. The molecule has 4 heterocycles. The Morgan fingerprint density at radius 3 is 3.25 bits per heavy atom. The Labute approximate surface area is 115 Å². The quantitative estimate of drug-likeness (QED) is 0.773. The third-order valence-electron chi connectivity index (χ3n) is 3.63. The minimum absolute atomic E-state index is 0.617. The van der Waals surface area contributed by atoms with Crippen molar-refractivity contribution in [3.8, 4) is 0 Å². The molecule has 4 rings (SSSR count). The fraction of sp³-hybridized carbons (Fsp3) is 0.385. The lowest BCUT2D eigenvalue weighted by Crippen LogP contribution is -2.10. The molecule has 0 spiro atoms. The van der Waals surface area contributed by atoms with E-state index in [1.165, 1.54) is 24.3 Å². The van der Waals surface area contributed by atoms with Crippen LogP contribution in [-0.2, 0) is 19.5 Å². The van der Waals surface area contributed by atoms with Gasteiger partial charge < -0.3 is 9.88 Å². The molecular weight excluding hydrogens is 254 g/mol. The molecule has 7 nitrogen and oxygen atoms in total. The van der Waals surface area contributed by atoms with Crippen LogP contribution in [0.2, 0.25) is 0 Å². The van der Waals surface area contributed by atoms with Crippen LogP contribution in [0.15, 0.2) is 18.6 Å². The smallest absolute Gasteiger partial charge is 0.254 e. The van der Waals surface area contributed by atoms with Crippen LogP contribution in [0, 0.1) is 6.92 Å². The number of rotatable bonds is 3. The third kappa shape index (κ3) is 1.74. The largest absolute Gasteiger partial charge is 0.364 e. The van der Waals surface area contributed by atoms with Crippen molar-refractivity contribution in [2.24, 2.45) is 0 Å². The zero-order chi connectivity index (χ0) is 13.5. The molecular formula is C13H15N7. The highest BCUT2D eigenvalue weighted by atomic mass is 15.4. The third-order valence-corrected chi connectivity index (χ3v) is 3.63. The van der Waals surface area contributed by atoms with Crippen molar-refractivity contribution in [2.45, 2.75) is 32.9 Å². The van der Waals surface area contributed by atoms with Crippen LogP contribution in [0.25, 0.3) is 5.78 Å². The Morgan fingerprint density at radius 1 is 1.35 bits per heavy atom. The summed E-state index contributed by atoms with van der Waals surface area (Å²) in [6.45, 7) is 3.75. The molecule has 0 saturated carbocycles. The van der Waals surface area contributed by atoms with Crippen LogP contribution >= 0.6 is 0 Å². The molecule has 20 heavy (non-hydrogen) atoms. The summed E-state index contributed by atoms with van der Waals surface area (Å²) < 4.78 is 4.01. The second kappa shape index (κ2) is 4.29. The lowest BCUT2D eigenvalue weighted by Gasteiger charge is -2.09. The lowest BCUT2D eigenvalue weighted by atomic mass is 10.3. The number of fused-ring (bicyclic) bond motifs is 2. The van der Waals surface area contributed by atoms with Crippen molar-refractivity contribution >= 4 is 11.6 Å². The maximum atomic E-state index is 4.45. The maximum absolute atomic E-state index is 4.45. The van der Waals surface area contributed by atoms with E-state index in [4.69, 9.17) is 0 Å². The van der Waals surface area contributed by atoms with Crippen LogP contribution in [-0.4, -0.2) is 29.1 Å². The summed E-state index contributed by atoms with van der Waals surface area (Å²) in [6, 6.07) is 1.98. The molecule has 0 saturated heterocycles. The molecule has 0 unspecified atom stereocenters. The first-order valence-electron chi connectivity index (χ1n) is 6.76. The minimum atomic E-state index is 0.617. The van der Waals surface area contributed by atoms with Gasteiger partial charge in [0.15, 0.2) is 0 Å². The fourth-order valence-electron chi connectivity index (χ4n) is 2.70. The van der Waals surface area contributed by atoms with Gasteiger partial charge in [0.05, 0.1) is 18.4 Å². The first-order chi connectivity index (χ1) is 9.81. The summed E-state index contributed by atoms with van der Waals surface area (Å²) >= 11 is 0. The van der Waals surface area contributed by atoms with Crippen LogP contribution < -0.4 is 5.32 Å². The van der Waals surface area contributed by atoms with E-state index >= 15 is 0 Å². The molecule has 102 valence electrons. The molecule has 0 atom stereocenters. The second-order valence-corrected chi connectivity index (χ2v) is 5.03. The summed E-state index contributed by atoms with van der Waals surface area (Å²) in [5, 5.41) is 7.60. The van der Waals surface area contributed by atoms with Crippen molar-refractivity contribution in [1.82, 2.24) is 29.1 Å². The maximum Gasteiger partial charge on any atom is 0.254 e. The Morgan fingerprint density at radius 2 is 2.30 bits per heavy atom. The predicted octanol–water partition coefficient (Wildman–Crippen LogP) is 1.19. The first-order valence-corrected chi connectivity index (χ1v) is 6.76. The lowest BCUT2D eigenvalue weighted by molar-refractivity contribution is 0.712. The monoisotopic (exact) mass is 269 g/mol. The van der Waals surface area contributed by atoms with Gasteiger partial charge in [-0.3, -0.25) is 0 Å². The van der Waals surface area contributed by atoms with Gasteiger partial charge in [-0.2, -0.15) is 14.6 Å². The van der Waals surface area contributed by atoms with Crippen LogP contribution in [0.4, 0.5) is 5.82 Å². The average molecular weight is 269 g/mol. The van der Waals surface area contributed by atoms with Gasteiger partial charge in [-0.05, 0) is 13.3 Å². The Balaban J connectivity index is 1.63. The van der Waals surface area contributed by atoms with Crippen molar-refractivity contribution < 1.29 is 0 Å². The van der Waals surface area contributed by atoms with E-state index in [2.05, 4.69) is 29.9 Å². The molecule has 7 heteroatoms.